The smallest absolute Gasteiger partial charge is 0.417 e. The first-order chi connectivity index (χ1) is 8.51. The van der Waals surface area contributed by atoms with E-state index in [1.807, 2.05) is 5.32 Å². The quantitative estimate of drug-likeness (QED) is 0.770. The van der Waals surface area contributed by atoms with Gasteiger partial charge in [-0.2, -0.15) is 13.2 Å². The molecule has 8 heteroatoms. The number of carbonyl (C=O) groups is 2. The molecule has 112 valence electrons. The lowest BCUT2D eigenvalue weighted by Crippen LogP contribution is -2.64. The Balaban J connectivity index is 5.09. The van der Waals surface area contributed by atoms with E-state index < -0.39 is 29.6 Å². The first-order valence-electron chi connectivity index (χ1n) is 5.87. The van der Waals surface area contributed by atoms with E-state index in [-0.39, 0.29) is 0 Å². The molecule has 0 fully saturated rings. The summed E-state index contributed by atoms with van der Waals surface area (Å²) in [5, 5.41) is 10.6. The fourth-order valence-corrected chi connectivity index (χ4v) is 1.57. The van der Waals surface area contributed by atoms with Crippen molar-refractivity contribution in [2.75, 3.05) is 13.1 Å². The Labute approximate surface area is 109 Å². The number of alkyl halides is 3. The first kappa shape index (κ1) is 17.7. The van der Waals surface area contributed by atoms with Gasteiger partial charge in [-0.25, -0.2) is 4.79 Å². The van der Waals surface area contributed by atoms with Crippen LogP contribution in [0.4, 0.5) is 13.2 Å². The van der Waals surface area contributed by atoms with Crippen molar-refractivity contribution < 1.29 is 27.9 Å². The number of aliphatic carboxylic acids is 1. The maximum absolute atomic E-state index is 12.8. The van der Waals surface area contributed by atoms with Gasteiger partial charge in [-0.15, -0.1) is 0 Å². The minimum absolute atomic E-state index is 0.344. The van der Waals surface area contributed by atoms with Gasteiger partial charge < -0.3 is 10.0 Å². The van der Waals surface area contributed by atoms with Gasteiger partial charge in [0.25, 0.3) is 0 Å². The van der Waals surface area contributed by atoms with Crippen molar-refractivity contribution in [1.82, 2.24) is 10.2 Å². The Kier molecular flexibility index (Phi) is 5.80. The van der Waals surface area contributed by atoms with E-state index in [2.05, 4.69) is 0 Å². The molecule has 0 aliphatic heterocycles. The summed E-state index contributed by atoms with van der Waals surface area (Å²) in [6.07, 6.45) is -5.00. The number of carbonyl (C=O) groups excluding carboxylic acids is 1. The Morgan fingerprint density at radius 3 is 1.95 bits per heavy atom. The maximum Gasteiger partial charge on any atom is 0.417 e. The summed E-state index contributed by atoms with van der Waals surface area (Å²) in [7, 11) is 0. The van der Waals surface area contributed by atoms with Crippen LogP contribution in [-0.4, -0.2) is 52.7 Å². The van der Waals surface area contributed by atoms with Crippen molar-refractivity contribution in [3.8, 4) is 0 Å². The number of nitrogens with zero attached hydrogens (tertiary/aromatic N) is 1. The van der Waals surface area contributed by atoms with Crippen LogP contribution in [0.5, 0.6) is 0 Å². The van der Waals surface area contributed by atoms with Gasteiger partial charge in [-0.3, -0.25) is 10.1 Å². The molecular weight excluding hydrogens is 265 g/mol. The number of halogens is 3. The van der Waals surface area contributed by atoms with Crippen LogP contribution in [0.1, 0.15) is 27.7 Å². The van der Waals surface area contributed by atoms with Gasteiger partial charge in [0.05, 0.1) is 6.04 Å². The highest BCUT2D eigenvalue weighted by Crippen LogP contribution is 2.30. The highest BCUT2D eigenvalue weighted by Gasteiger charge is 2.58. The third kappa shape index (κ3) is 3.82. The van der Waals surface area contributed by atoms with Crippen molar-refractivity contribution in [2.45, 2.75) is 45.5 Å². The molecule has 19 heavy (non-hydrogen) atoms. The second kappa shape index (κ2) is 6.23. The van der Waals surface area contributed by atoms with E-state index in [0.29, 0.717) is 20.0 Å². The molecule has 2 atom stereocenters. The van der Waals surface area contributed by atoms with E-state index >= 15 is 0 Å². The number of hydrogen-bond acceptors (Lipinski definition) is 3. The lowest BCUT2D eigenvalue weighted by atomic mass is 10.0. The largest absolute Gasteiger partial charge is 0.480 e. The van der Waals surface area contributed by atoms with Gasteiger partial charge in [0.2, 0.25) is 11.4 Å². The molecule has 0 aromatic rings. The van der Waals surface area contributed by atoms with E-state index in [9.17, 15) is 22.8 Å². The van der Waals surface area contributed by atoms with Crippen molar-refractivity contribution in [3.05, 3.63) is 0 Å². The van der Waals surface area contributed by atoms with Crippen LogP contribution in [0, 0.1) is 0 Å². The zero-order chi connectivity index (χ0) is 15.4. The summed E-state index contributed by atoms with van der Waals surface area (Å²) in [6.45, 7) is 5.78. The van der Waals surface area contributed by atoms with Crippen LogP contribution in [0.25, 0.3) is 0 Å². The number of amides is 1. The summed E-state index contributed by atoms with van der Waals surface area (Å²) in [5.41, 5.74) is -3.16. The minimum Gasteiger partial charge on any atom is -0.480 e. The molecule has 2 unspecified atom stereocenters. The molecule has 0 spiro atoms. The summed E-state index contributed by atoms with van der Waals surface area (Å²) < 4.78 is 38.3. The molecule has 0 aliphatic rings. The fraction of sp³-hybridized carbons (Fsp3) is 0.818. The third-order valence-electron chi connectivity index (χ3n) is 2.95. The average molecular weight is 284 g/mol. The Morgan fingerprint density at radius 2 is 1.68 bits per heavy atom. The molecule has 0 saturated carbocycles. The number of hydrogen-bond donors (Lipinski definition) is 2. The number of carboxylic acid groups (broad SMARTS) is 1. The number of nitrogens with one attached hydrogen (secondary N) is 1. The summed E-state index contributed by atoms with van der Waals surface area (Å²) in [5.74, 6) is -2.64. The van der Waals surface area contributed by atoms with Gasteiger partial charge in [0, 0.05) is 13.1 Å². The summed E-state index contributed by atoms with van der Waals surface area (Å²) in [6, 6.07) is -1.25. The van der Waals surface area contributed by atoms with Crippen LogP contribution < -0.4 is 5.32 Å². The Hall–Kier alpha value is -1.31. The van der Waals surface area contributed by atoms with Gasteiger partial charge >= 0.3 is 12.1 Å². The van der Waals surface area contributed by atoms with E-state index in [4.69, 9.17) is 5.11 Å². The predicted molar refractivity (Wildman–Crippen MR) is 62.6 cm³/mol. The standard InChI is InChI=1S/C11H19F3N2O3/c1-5-16(6-2)8(17)7(3)15-10(4,9(18)19)11(12,13)14/h7,15H,5-6H2,1-4H3,(H,18,19). The molecule has 5 nitrogen and oxygen atoms in total. The fourth-order valence-electron chi connectivity index (χ4n) is 1.57. The highest BCUT2D eigenvalue weighted by molar-refractivity contribution is 5.84. The van der Waals surface area contributed by atoms with E-state index in [0.717, 1.165) is 0 Å². The van der Waals surface area contributed by atoms with Gasteiger partial charge in [0.15, 0.2) is 0 Å². The summed E-state index contributed by atoms with van der Waals surface area (Å²) >= 11 is 0. The Morgan fingerprint density at radius 1 is 1.26 bits per heavy atom. The molecule has 0 aliphatic carbocycles. The van der Waals surface area contributed by atoms with Crippen LogP contribution in [0.3, 0.4) is 0 Å². The molecule has 0 saturated heterocycles. The molecule has 2 N–H and O–H groups in total. The molecule has 0 heterocycles. The molecule has 0 aromatic heterocycles. The maximum atomic E-state index is 12.8. The normalized spacial score (nSPS) is 16.6. The zero-order valence-electron chi connectivity index (χ0n) is 11.3. The van der Waals surface area contributed by atoms with Crippen LogP contribution >= 0.6 is 0 Å². The second-order valence-electron chi connectivity index (χ2n) is 4.30. The van der Waals surface area contributed by atoms with E-state index in [1.165, 1.54) is 11.8 Å². The third-order valence-corrected chi connectivity index (χ3v) is 2.95. The molecular formula is C11H19F3N2O3. The number of likely N-dealkylation sites (N-methyl/N-ethyl adjacent to an activating group) is 1. The monoisotopic (exact) mass is 284 g/mol. The van der Waals surface area contributed by atoms with Gasteiger partial charge in [-0.05, 0) is 27.7 Å². The molecule has 0 rings (SSSR count). The van der Waals surface area contributed by atoms with Crippen LogP contribution in [-0.2, 0) is 9.59 Å². The number of rotatable bonds is 6. The SMILES string of the molecule is CCN(CC)C(=O)C(C)NC(C)(C(=O)O)C(F)(F)F. The molecule has 0 aromatic carbocycles. The average Bonchev–Trinajstić information content (AvgIpc) is 2.28. The second-order valence-corrected chi connectivity index (χ2v) is 4.30. The van der Waals surface area contributed by atoms with E-state index in [1.54, 1.807) is 13.8 Å². The zero-order valence-corrected chi connectivity index (χ0v) is 11.3. The minimum atomic E-state index is -5.00. The summed E-state index contributed by atoms with van der Waals surface area (Å²) in [4.78, 5) is 24.0. The van der Waals surface area contributed by atoms with Crippen LogP contribution in [0.15, 0.2) is 0 Å². The lowest BCUT2D eigenvalue weighted by Gasteiger charge is -2.33. The van der Waals surface area contributed by atoms with Gasteiger partial charge in [0.1, 0.15) is 0 Å². The highest BCUT2D eigenvalue weighted by atomic mass is 19.4. The van der Waals surface area contributed by atoms with Crippen molar-refractivity contribution in [2.24, 2.45) is 0 Å². The number of carboxylic acids is 1. The topological polar surface area (TPSA) is 69.6 Å². The van der Waals surface area contributed by atoms with Crippen LogP contribution in [0.2, 0.25) is 0 Å². The van der Waals surface area contributed by atoms with Crippen molar-refractivity contribution >= 4 is 11.9 Å². The first-order valence-corrected chi connectivity index (χ1v) is 5.87. The van der Waals surface area contributed by atoms with Gasteiger partial charge in [-0.1, -0.05) is 0 Å². The van der Waals surface area contributed by atoms with Crippen molar-refractivity contribution in [1.29, 1.82) is 0 Å². The molecule has 0 radical (unpaired) electrons. The molecule has 0 bridgehead atoms. The van der Waals surface area contributed by atoms with Crippen molar-refractivity contribution in [3.63, 3.8) is 0 Å². The molecule has 1 amide bonds. The lowest BCUT2D eigenvalue weighted by molar-refractivity contribution is -0.207. The Bertz CT molecular complexity index is 343. The predicted octanol–water partition coefficient (Wildman–Crippen LogP) is 1.24.